The molecule has 1 aliphatic rings. The van der Waals surface area contributed by atoms with Gasteiger partial charge in [-0.2, -0.15) is 0 Å². The van der Waals surface area contributed by atoms with Crippen LogP contribution in [0.4, 0.5) is 4.39 Å². The highest BCUT2D eigenvalue weighted by Gasteiger charge is 2.33. The van der Waals surface area contributed by atoms with Crippen molar-refractivity contribution in [2.24, 2.45) is 0 Å². The van der Waals surface area contributed by atoms with E-state index in [1.165, 1.54) is 17.0 Å². The maximum atomic E-state index is 15.1. The summed E-state index contributed by atoms with van der Waals surface area (Å²) >= 11 is 0. The number of methoxy groups -OCH3 is 1. The van der Waals surface area contributed by atoms with Crippen molar-refractivity contribution in [3.05, 3.63) is 89.3 Å². The van der Waals surface area contributed by atoms with E-state index in [9.17, 15) is 0 Å². The number of halogens is 1. The highest BCUT2D eigenvalue weighted by atomic mass is 19.1. The molecule has 0 bridgehead atoms. The zero-order chi connectivity index (χ0) is 19.1. The molecule has 4 nitrogen and oxygen atoms in total. The maximum absolute atomic E-state index is 15.1. The summed E-state index contributed by atoms with van der Waals surface area (Å²) in [6, 6.07) is 15.2. The molecule has 142 valence electrons. The zero-order valence-electron chi connectivity index (χ0n) is 15.6. The fourth-order valence-electron chi connectivity index (χ4n) is 4.29. The van der Waals surface area contributed by atoms with Crippen molar-refractivity contribution in [2.75, 3.05) is 13.7 Å². The fraction of sp³-hybridized carbons (Fsp3) is 0.217. The van der Waals surface area contributed by atoms with Crippen LogP contribution in [0.1, 0.15) is 28.4 Å². The monoisotopic (exact) mass is 376 g/mol. The van der Waals surface area contributed by atoms with Gasteiger partial charge >= 0.3 is 0 Å². The molecule has 2 aromatic heterocycles. The van der Waals surface area contributed by atoms with Crippen molar-refractivity contribution in [1.29, 1.82) is 0 Å². The van der Waals surface area contributed by atoms with Crippen LogP contribution in [0.5, 0.6) is 5.75 Å². The number of hydrogen-bond acceptors (Lipinski definition) is 3. The molecule has 5 rings (SSSR count). The Morgan fingerprint density at radius 1 is 1.21 bits per heavy atom. The van der Waals surface area contributed by atoms with E-state index in [1.807, 2.05) is 24.3 Å². The molecule has 0 unspecified atom stereocenters. The van der Waals surface area contributed by atoms with Crippen LogP contribution >= 0.6 is 0 Å². The van der Waals surface area contributed by atoms with Crippen LogP contribution in [0.15, 0.2) is 65.5 Å². The predicted molar refractivity (Wildman–Crippen MR) is 106 cm³/mol. The number of aromatic nitrogens is 1. The Morgan fingerprint density at radius 3 is 2.89 bits per heavy atom. The number of aromatic amines is 1. The zero-order valence-corrected chi connectivity index (χ0v) is 15.6. The Labute approximate surface area is 162 Å². The van der Waals surface area contributed by atoms with Crippen LogP contribution in [-0.4, -0.2) is 23.5 Å². The van der Waals surface area contributed by atoms with Crippen molar-refractivity contribution < 1.29 is 13.5 Å². The van der Waals surface area contributed by atoms with Crippen molar-refractivity contribution in [3.63, 3.8) is 0 Å². The van der Waals surface area contributed by atoms with Crippen molar-refractivity contribution >= 4 is 10.9 Å². The second-order valence-corrected chi connectivity index (χ2v) is 7.20. The van der Waals surface area contributed by atoms with Gasteiger partial charge in [0.25, 0.3) is 0 Å². The minimum atomic E-state index is -0.256. The normalized spacial score (nSPS) is 17.0. The van der Waals surface area contributed by atoms with E-state index in [1.54, 1.807) is 19.6 Å². The Bertz CT molecular complexity index is 1120. The fourth-order valence-corrected chi connectivity index (χ4v) is 4.29. The minimum Gasteiger partial charge on any atom is -0.497 e. The number of furan rings is 1. The molecule has 1 N–H and O–H groups in total. The van der Waals surface area contributed by atoms with Gasteiger partial charge in [0, 0.05) is 46.9 Å². The molecule has 1 atom stereocenters. The number of nitrogens with one attached hydrogen (secondary N) is 1. The van der Waals surface area contributed by atoms with Crippen LogP contribution in [0.2, 0.25) is 0 Å². The van der Waals surface area contributed by atoms with Crippen LogP contribution in [0.25, 0.3) is 10.9 Å². The van der Waals surface area contributed by atoms with E-state index in [4.69, 9.17) is 9.15 Å². The number of hydrogen-bond donors (Lipinski definition) is 1. The molecule has 3 heterocycles. The van der Waals surface area contributed by atoms with Gasteiger partial charge in [0.05, 0.1) is 25.7 Å². The molecule has 0 spiro atoms. The van der Waals surface area contributed by atoms with Crippen molar-refractivity contribution in [3.8, 4) is 5.75 Å². The first-order chi connectivity index (χ1) is 13.7. The second kappa shape index (κ2) is 6.84. The number of para-hydroxylation sites is 1. The van der Waals surface area contributed by atoms with Gasteiger partial charge in [0.1, 0.15) is 11.6 Å². The highest BCUT2D eigenvalue weighted by molar-refractivity contribution is 5.85. The third-order valence-electron chi connectivity index (χ3n) is 5.60. The van der Waals surface area contributed by atoms with Gasteiger partial charge in [-0.25, -0.2) is 4.39 Å². The highest BCUT2D eigenvalue weighted by Crippen LogP contribution is 2.40. The molecule has 28 heavy (non-hydrogen) atoms. The smallest absolute Gasteiger partial charge is 0.132 e. The van der Waals surface area contributed by atoms with Gasteiger partial charge in [-0.1, -0.05) is 24.3 Å². The number of ether oxygens (including phenoxy) is 1. The second-order valence-electron chi connectivity index (χ2n) is 7.20. The summed E-state index contributed by atoms with van der Waals surface area (Å²) in [5.74, 6) is 0.267. The molecular weight excluding hydrogens is 355 g/mol. The van der Waals surface area contributed by atoms with E-state index in [-0.39, 0.29) is 11.9 Å². The molecule has 0 radical (unpaired) electrons. The topological polar surface area (TPSA) is 41.4 Å². The molecular formula is C23H21FN2O2. The lowest BCUT2D eigenvalue weighted by Gasteiger charge is -2.36. The Morgan fingerprint density at radius 2 is 2.11 bits per heavy atom. The lowest BCUT2D eigenvalue weighted by molar-refractivity contribution is 0.198. The lowest BCUT2D eigenvalue weighted by atomic mass is 9.91. The van der Waals surface area contributed by atoms with E-state index in [2.05, 4.69) is 28.1 Å². The van der Waals surface area contributed by atoms with E-state index >= 15 is 4.39 Å². The first-order valence-electron chi connectivity index (χ1n) is 9.42. The van der Waals surface area contributed by atoms with E-state index in [0.29, 0.717) is 17.9 Å². The van der Waals surface area contributed by atoms with Crippen LogP contribution < -0.4 is 4.74 Å². The average Bonchev–Trinajstić information content (AvgIpc) is 3.35. The van der Waals surface area contributed by atoms with Gasteiger partial charge in [0.15, 0.2) is 0 Å². The first kappa shape index (κ1) is 17.1. The molecule has 0 fully saturated rings. The van der Waals surface area contributed by atoms with Gasteiger partial charge in [-0.05, 0) is 30.2 Å². The molecule has 2 aromatic carbocycles. The van der Waals surface area contributed by atoms with Crippen LogP contribution in [0, 0.1) is 5.82 Å². The largest absolute Gasteiger partial charge is 0.497 e. The third kappa shape index (κ3) is 2.79. The van der Waals surface area contributed by atoms with Gasteiger partial charge in [-0.15, -0.1) is 0 Å². The molecule has 0 aliphatic carbocycles. The number of rotatable bonds is 4. The molecule has 1 aliphatic heterocycles. The SMILES string of the molecule is COc1ccc([C@H]2c3[nH]c4ccccc4c3CCN2Cc2ccoc2)c(F)c1. The summed E-state index contributed by atoms with van der Waals surface area (Å²) in [5, 5.41) is 1.22. The summed E-state index contributed by atoms with van der Waals surface area (Å²) < 4.78 is 25.5. The quantitative estimate of drug-likeness (QED) is 0.541. The van der Waals surface area contributed by atoms with Gasteiger partial charge < -0.3 is 14.1 Å². The minimum absolute atomic E-state index is 0.197. The molecule has 5 heteroatoms. The molecule has 0 saturated heterocycles. The Hall–Kier alpha value is -3.05. The van der Waals surface area contributed by atoms with E-state index < -0.39 is 0 Å². The molecule has 0 amide bonds. The van der Waals surface area contributed by atoms with Crippen LogP contribution in [0.3, 0.4) is 0 Å². The predicted octanol–water partition coefficient (Wildman–Crippen LogP) is 5.06. The summed E-state index contributed by atoms with van der Waals surface area (Å²) in [4.78, 5) is 5.87. The number of benzene rings is 2. The molecule has 0 saturated carbocycles. The summed E-state index contributed by atoms with van der Waals surface area (Å²) in [6.07, 6.45) is 4.35. The average molecular weight is 376 g/mol. The first-order valence-corrected chi connectivity index (χ1v) is 9.42. The van der Waals surface area contributed by atoms with Gasteiger partial charge in [-0.3, -0.25) is 4.90 Å². The number of nitrogens with zero attached hydrogens (tertiary/aromatic N) is 1. The standard InChI is InChI=1S/C23H21FN2O2/c1-27-16-6-7-19(20(24)12-16)23-22-18(17-4-2-3-5-21(17)25-22)8-10-26(23)13-15-9-11-28-14-15/h2-7,9,11-12,14,23,25H,8,10,13H2,1H3/t23-/m0/s1. The maximum Gasteiger partial charge on any atom is 0.132 e. The van der Waals surface area contributed by atoms with Crippen LogP contribution in [-0.2, 0) is 13.0 Å². The Balaban J connectivity index is 1.65. The third-order valence-corrected chi connectivity index (χ3v) is 5.60. The molecule has 4 aromatic rings. The summed E-state index contributed by atoms with van der Waals surface area (Å²) in [5.41, 5.74) is 5.17. The van der Waals surface area contributed by atoms with E-state index in [0.717, 1.165) is 29.7 Å². The number of H-pyrrole nitrogens is 1. The van der Waals surface area contributed by atoms with Crippen molar-refractivity contribution in [1.82, 2.24) is 9.88 Å². The summed E-state index contributed by atoms with van der Waals surface area (Å²) in [6.45, 7) is 1.54. The van der Waals surface area contributed by atoms with Gasteiger partial charge in [0.2, 0.25) is 0 Å². The Kier molecular flexibility index (Phi) is 4.17. The lowest BCUT2D eigenvalue weighted by Crippen LogP contribution is -2.36. The van der Waals surface area contributed by atoms with Crippen molar-refractivity contribution in [2.45, 2.75) is 19.0 Å². The summed E-state index contributed by atoms with van der Waals surface area (Å²) in [7, 11) is 1.55. The number of fused-ring (bicyclic) bond motifs is 3.